The summed E-state index contributed by atoms with van der Waals surface area (Å²) in [6.07, 6.45) is 7.36. The first-order valence-electron chi connectivity index (χ1n) is 6.99. The van der Waals surface area contributed by atoms with Gasteiger partial charge in [0, 0.05) is 16.2 Å². The summed E-state index contributed by atoms with van der Waals surface area (Å²) >= 11 is 1.67. The Balaban J connectivity index is 2.06. The molecule has 1 aromatic rings. The van der Waals surface area contributed by atoms with Gasteiger partial charge in [0.2, 0.25) is 0 Å². The standard InChI is InChI=1S/C15H21F2NS/c1-18-14-6-4-2-3-5-7-15(14)19-11-8-9-12(16)13(17)10-11/h8-10,14-15,18H,2-7H2,1H3. The Morgan fingerprint density at radius 3 is 2.47 bits per heavy atom. The van der Waals surface area contributed by atoms with Crippen LogP contribution in [0.25, 0.3) is 0 Å². The monoisotopic (exact) mass is 285 g/mol. The van der Waals surface area contributed by atoms with Gasteiger partial charge in [-0.1, -0.05) is 25.7 Å². The fourth-order valence-electron chi connectivity index (χ4n) is 2.65. The lowest BCUT2D eigenvalue weighted by Crippen LogP contribution is -2.36. The van der Waals surface area contributed by atoms with E-state index < -0.39 is 11.6 Å². The normalized spacial score (nSPS) is 24.8. The maximum absolute atomic E-state index is 13.3. The molecule has 2 atom stereocenters. The fourth-order valence-corrected chi connectivity index (χ4v) is 4.04. The SMILES string of the molecule is CNC1CCCCCCC1Sc1ccc(F)c(F)c1. The minimum atomic E-state index is -0.771. The van der Waals surface area contributed by atoms with Gasteiger partial charge in [0.1, 0.15) is 0 Å². The molecule has 0 heterocycles. The van der Waals surface area contributed by atoms with Crippen molar-refractivity contribution in [1.29, 1.82) is 0 Å². The molecule has 0 saturated heterocycles. The average molecular weight is 285 g/mol. The zero-order valence-corrected chi connectivity index (χ0v) is 12.1. The average Bonchev–Trinajstić information content (AvgIpc) is 2.37. The van der Waals surface area contributed by atoms with Crippen molar-refractivity contribution in [2.75, 3.05) is 7.05 Å². The van der Waals surface area contributed by atoms with Gasteiger partial charge in [0.05, 0.1) is 0 Å². The molecular weight excluding hydrogens is 264 g/mol. The zero-order chi connectivity index (χ0) is 13.7. The molecule has 0 spiro atoms. The second-order valence-corrected chi connectivity index (χ2v) is 6.43. The second-order valence-electron chi connectivity index (χ2n) is 5.12. The molecule has 1 aromatic carbocycles. The molecule has 19 heavy (non-hydrogen) atoms. The van der Waals surface area contributed by atoms with Crippen molar-refractivity contribution in [1.82, 2.24) is 5.32 Å². The van der Waals surface area contributed by atoms with Gasteiger partial charge < -0.3 is 5.32 Å². The van der Waals surface area contributed by atoms with E-state index in [2.05, 4.69) is 5.32 Å². The summed E-state index contributed by atoms with van der Waals surface area (Å²) in [7, 11) is 1.99. The summed E-state index contributed by atoms with van der Waals surface area (Å²) in [4.78, 5) is 0.824. The van der Waals surface area contributed by atoms with Crippen LogP contribution in [0, 0.1) is 11.6 Å². The molecule has 4 heteroatoms. The summed E-state index contributed by atoms with van der Waals surface area (Å²) < 4.78 is 26.2. The van der Waals surface area contributed by atoms with E-state index in [0.717, 1.165) is 17.7 Å². The van der Waals surface area contributed by atoms with Crippen LogP contribution in [0.15, 0.2) is 23.1 Å². The molecule has 1 saturated carbocycles. The Kier molecular flexibility index (Phi) is 5.64. The zero-order valence-electron chi connectivity index (χ0n) is 11.3. The van der Waals surface area contributed by atoms with Crippen LogP contribution < -0.4 is 5.32 Å². The van der Waals surface area contributed by atoms with Crippen molar-refractivity contribution in [3.8, 4) is 0 Å². The molecule has 0 bridgehead atoms. The van der Waals surface area contributed by atoms with E-state index in [-0.39, 0.29) is 0 Å². The van der Waals surface area contributed by atoms with Crippen LogP contribution in [0.1, 0.15) is 38.5 Å². The Bertz CT molecular complexity index is 411. The Morgan fingerprint density at radius 2 is 1.79 bits per heavy atom. The van der Waals surface area contributed by atoms with Crippen molar-refractivity contribution < 1.29 is 8.78 Å². The third kappa shape index (κ3) is 4.18. The molecule has 1 fully saturated rings. The molecule has 1 N–H and O–H groups in total. The molecular formula is C15H21F2NS. The summed E-state index contributed by atoms with van der Waals surface area (Å²) in [6.45, 7) is 0. The van der Waals surface area contributed by atoms with E-state index in [0.29, 0.717) is 11.3 Å². The summed E-state index contributed by atoms with van der Waals surface area (Å²) in [5, 5.41) is 3.82. The van der Waals surface area contributed by atoms with E-state index in [4.69, 9.17) is 0 Å². The van der Waals surface area contributed by atoms with Crippen molar-refractivity contribution >= 4 is 11.8 Å². The van der Waals surface area contributed by atoms with Crippen LogP contribution in [0.2, 0.25) is 0 Å². The molecule has 2 unspecified atom stereocenters. The number of nitrogens with one attached hydrogen (secondary N) is 1. The minimum Gasteiger partial charge on any atom is -0.316 e. The smallest absolute Gasteiger partial charge is 0.159 e. The number of thioether (sulfide) groups is 1. The molecule has 1 aliphatic carbocycles. The lowest BCUT2D eigenvalue weighted by molar-refractivity contribution is 0.420. The number of hydrogen-bond donors (Lipinski definition) is 1. The van der Waals surface area contributed by atoms with E-state index in [9.17, 15) is 8.78 Å². The maximum atomic E-state index is 13.3. The molecule has 0 aromatic heterocycles. The van der Waals surface area contributed by atoms with Crippen molar-refractivity contribution in [2.24, 2.45) is 0 Å². The van der Waals surface area contributed by atoms with Crippen LogP contribution in [0.3, 0.4) is 0 Å². The highest BCUT2D eigenvalue weighted by atomic mass is 32.2. The fraction of sp³-hybridized carbons (Fsp3) is 0.600. The topological polar surface area (TPSA) is 12.0 Å². The molecule has 0 radical (unpaired) electrons. The third-order valence-corrected chi connectivity index (χ3v) is 5.14. The first kappa shape index (κ1) is 14.8. The van der Waals surface area contributed by atoms with Gasteiger partial charge in [0.25, 0.3) is 0 Å². The van der Waals surface area contributed by atoms with Crippen LogP contribution in [0.5, 0.6) is 0 Å². The predicted octanol–water partition coefficient (Wildman–Crippen LogP) is 4.37. The lowest BCUT2D eigenvalue weighted by Gasteiger charge is -2.28. The van der Waals surface area contributed by atoms with Crippen LogP contribution >= 0.6 is 11.8 Å². The van der Waals surface area contributed by atoms with Gasteiger partial charge >= 0.3 is 0 Å². The van der Waals surface area contributed by atoms with Crippen molar-refractivity contribution in [2.45, 2.75) is 54.7 Å². The predicted molar refractivity (Wildman–Crippen MR) is 76.6 cm³/mol. The largest absolute Gasteiger partial charge is 0.316 e. The Hall–Kier alpha value is -0.610. The van der Waals surface area contributed by atoms with E-state index >= 15 is 0 Å². The Morgan fingerprint density at radius 1 is 1.05 bits per heavy atom. The molecule has 0 amide bonds. The first-order chi connectivity index (χ1) is 9.20. The van der Waals surface area contributed by atoms with Crippen LogP contribution in [-0.4, -0.2) is 18.3 Å². The highest BCUT2D eigenvalue weighted by Crippen LogP contribution is 2.33. The number of halogens is 2. The number of hydrogen-bond acceptors (Lipinski definition) is 2. The number of rotatable bonds is 3. The molecule has 1 aliphatic rings. The van der Waals surface area contributed by atoms with Gasteiger partial charge in [0.15, 0.2) is 11.6 Å². The third-order valence-electron chi connectivity index (χ3n) is 3.75. The van der Waals surface area contributed by atoms with E-state index in [1.807, 2.05) is 7.05 Å². The first-order valence-corrected chi connectivity index (χ1v) is 7.87. The Labute approximate surface area is 118 Å². The van der Waals surface area contributed by atoms with E-state index in [1.165, 1.54) is 37.8 Å². The van der Waals surface area contributed by atoms with Gasteiger partial charge in [-0.15, -0.1) is 11.8 Å². The van der Waals surface area contributed by atoms with Gasteiger partial charge in [-0.25, -0.2) is 8.78 Å². The van der Waals surface area contributed by atoms with Crippen molar-refractivity contribution in [3.05, 3.63) is 29.8 Å². The summed E-state index contributed by atoms with van der Waals surface area (Å²) in [5.74, 6) is -1.52. The lowest BCUT2D eigenvalue weighted by atomic mass is 9.96. The van der Waals surface area contributed by atoms with Gasteiger partial charge in [-0.05, 0) is 38.1 Å². The maximum Gasteiger partial charge on any atom is 0.159 e. The molecule has 0 aliphatic heterocycles. The van der Waals surface area contributed by atoms with E-state index in [1.54, 1.807) is 17.8 Å². The highest BCUT2D eigenvalue weighted by molar-refractivity contribution is 8.00. The molecule has 2 rings (SSSR count). The van der Waals surface area contributed by atoms with Crippen LogP contribution in [-0.2, 0) is 0 Å². The second kappa shape index (κ2) is 7.25. The van der Waals surface area contributed by atoms with Crippen LogP contribution in [0.4, 0.5) is 8.78 Å². The molecule has 106 valence electrons. The number of benzene rings is 1. The minimum absolute atomic E-state index is 0.440. The quantitative estimate of drug-likeness (QED) is 0.885. The molecule has 1 nitrogen and oxygen atoms in total. The van der Waals surface area contributed by atoms with Crippen molar-refractivity contribution in [3.63, 3.8) is 0 Å². The summed E-state index contributed by atoms with van der Waals surface area (Å²) in [5.41, 5.74) is 0. The van der Waals surface area contributed by atoms with Gasteiger partial charge in [-0.2, -0.15) is 0 Å². The van der Waals surface area contributed by atoms with Gasteiger partial charge in [-0.3, -0.25) is 0 Å². The highest BCUT2D eigenvalue weighted by Gasteiger charge is 2.22. The summed E-state index contributed by atoms with van der Waals surface area (Å²) in [6, 6.07) is 4.66.